The van der Waals surface area contributed by atoms with Gasteiger partial charge in [0.15, 0.2) is 0 Å². The number of hydrogen-bond donors (Lipinski definition) is 1. The number of anilines is 1. The van der Waals surface area contributed by atoms with Crippen LogP contribution >= 0.6 is 24.8 Å². The van der Waals surface area contributed by atoms with Crippen molar-refractivity contribution in [2.75, 3.05) is 51.8 Å². The minimum Gasteiger partial charge on any atom is -0.468 e. The van der Waals surface area contributed by atoms with E-state index in [9.17, 15) is 9.59 Å². The number of hydrogen-bond acceptors (Lipinski definition) is 5. The van der Waals surface area contributed by atoms with Crippen molar-refractivity contribution < 1.29 is 14.3 Å². The lowest BCUT2D eigenvalue weighted by atomic mass is 9.90. The van der Waals surface area contributed by atoms with Crippen LogP contribution in [0, 0.1) is 0 Å². The maximum atomic E-state index is 13.2. The Bertz CT molecular complexity index is 787. The second kappa shape index (κ2) is 12.1. The van der Waals surface area contributed by atoms with Crippen LogP contribution in [0.15, 0.2) is 18.2 Å². The minimum atomic E-state index is -0.227. The average Bonchev–Trinajstić information content (AvgIpc) is 3.05. The van der Waals surface area contributed by atoms with Gasteiger partial charge in [0.05, 0.1) is 13.7 Å². The third-order valence-corrected chi connectivity index (χ3v) is 6.97. The average molecular weight is 487 g/mol. The quantitative estimate of drug-likeness (QED) is 0.648. The number of fused-ring (bicyclic) bond motifs is 1. The number of amides is 2. The normalized spacial score (nSPS) is 23.6. The van der Waals surface area contributed by atoms with E-state index in [-0.39, 0.29) is 43.4 Å². The van der Waals surface area contributed by atoms with Crippen LogP contribution in [0.3, 0.4) is 0 Å². The molecule has 0 bridgehead atoms. The van der Waals surface area contributed by atoms with Gasteiger partial charge in [0.25, 0.3) is 0 Å². The van der Waals surface area contributed by atoms with Gasteiger partial charge in [0, 0.05) is 44.0 Å². The SMILES string of the molecule is COC(=O)CN[C@H]1CC[C@H](N2CCN(c3ccc4c(c3)CCN(C)CC4)C2=O)CC1.Cl.Cl. The molecule has 0 radical (unpaired) electrons. The van der Waals surface area contributed by atoms with E-state index in [0.717, 1.165) is 70.4 Å². The fourth-order valence-electron chi connectivity index (χ4n) is 5.02. The molecular weight excluding hydrogens is 451 g/mol. The lowest BCUT2D eigenvalue weighted by Crippen LogP contribution is -2.45. The Morgan fingerprint density at radius 2 is 1.72 bits per heavy atom. The third kappa shape index (κ3) is 6.07. The highest BCUT2D eigenvalue weighted by Gasteiger charge is 2.36. The predicted octanol–water partition coefficient (Wildman–Crippen LogP) is 2.88. The summed E-state index contributed by atoms with van der Waals surface area (Å²) in [5.41, 5.74) is 3.85. The number of carbonyl (C=O) groups excluding carboxylic acids is 2. The number of nitrogens with one attached hydrogen (secondary N) is 1. The van der Waals surface area contributed by atoms with Gasteiger partial charge in [0.2, 0.25) is 0 Å². The van der Waals surface area contributed by atoms with Crippen molar-refractivity contribution in [1.82, 2.24) is 15.1 Å². The number of carbonyl (C=O) groups is 2. The summed E-state index contributed by atoms with van der Waals surface area (Å²) in [4.78, 5) is 30.9. The molecular formula is C23H36Cl2N4O3. The summed E-state index contributed by atoms with van der Waals surface area (Å²) in [6, 6.07) is 7.36. The molecule has 0 aromatic heterocycles. The van der Waals surface area contributed by atoms with E-state index < -0.39 is 0 Å². The van der Waals surface area contributed by atoms with Crippen LogP contribution in [0.2, 0.25) is 0 Å². The number of methoxy groups -OCH3 is 1. The topological polar surface area (TPSA) is 65.1 Å². The largest absolute Gasteiger partial charge is 0.468 e. The van der Waals surface area contributed by atoms with Crippen LogP contribution in [0.5, 0.6) is 0 Å². The minimum absolute atomic E-state index is 0. The molecule has 2 heterocycles. The Labute approximate surface area is 203 Å². The Balaban J connectivity index is 0.00000181. The molecule has 180 valence electrons. The Kier molecular flexibility index (Phi) is 10.1. The fourth-order valence-corrected chi connectivity index (χ4v) is 5.02. The maximum Gasteiger partial charge on any atom is 0.324 e. The van der Waals surface area contributed by atoms with Gasteiger partial charge in [0.1, 0.15) is 0 Å². The zero-order valence-corrected chi connectivity index (χ0v) is 20.7. The van der Waals surface area contributed by atoms with Crippen molar-refractivity contribution >= 4 is 42.5 Å². The standard InChI is InChI=1S/C23H34N4O3.2ClH/c1-25-11-9-17-3-6-21(15-18(17)10-12-25)27-14-13-26(23(27)29)20-7-4-19(5-8-20)24-16-22(28)30-2;;/h3,6,15,19-20,24H,4-5,7-14,16H2,1-2H3;2*1H/t19-,20-;;. The van der Waals surface area contributed by atoms with E-state index in [1.54, 1.807) is 0 Å². The molecule has 0 atom stereocenters. The zero-order valence-electron chi connectivity index (χ0n) is 19.0. The van der Waals surface area contributed by atoms with Gasteiger partial charge in [-0.3, -0.25) is 9.69 Å². The predicted molar refractivity (Wildman–Crippen MR) is 131 cm³/mol. The number of likely N-dealkylation sites (N-methyl/N-ethyl adjacent to an activating group) is 1. The van der Waals surface area contributed by atoms with Crippen LogP contribution in [-0.2, 0) is 22.4 Å². The number of nitrogens with zero attached hydrogens (tertiary/aromatic N) is 3. The van der Waals surface area contributed by atoms with E-state index >= 15 is 0 Å². The molecule has 2 amide bonds. The van der Waals surface area contributed by atoms with Crippen molar-refractivity contribution in [1.29, 1.82) is 0 Å². The highest BCUT2D eigenvalue weighted by molar-refractivity contribution is 5.94. The van der Waals surface area contributed by atoms with E-state index in [0.29, 0.717) is 12.1 Å². The molecule has 2 fully saturated rings. The van der Waals surface area contributed by atoms with Gasteiger partial charge in [-0.2, -0.15) is 0 Å². The summed E-state index contributed by atoms with van der Waals surface area (Å²) in [7, 11) is 3.59. The maximum absolute atomic E-state index is 13.2. The number of ether oxygens (including phenoxy) is 1. The first-order chi connectivity index (χ1) is 14.5. The number of halogens is 2. The summed E-state index contributed by atoms with van der Waals surface area (Å²) in [5.74, 6) is -0.227. The highest BCUT2D eigenvalue weighted by atomic mass is 35.5. The Morgan fingerprint density at radius 3 is 2.41 bits per heavy atom. The zero-order chi connectivity index (χ0) is 21.1. The molecule has 1 saturated heterocycles. The van der Waals surface area contributed by atoms with Gasteiger partial charge in [-0.05, 0) is 68.8 Å². The van der Waals surface area contributed by atoms with Gasteiger partial charge in [-0.15, -0.1) is 24.8 Å². The molecule has 4 rings (SSSR count). The number of esters is 1. The molecule has 7 nitrogen and oxygen atoms in total. The Morgan fingerprint density at radius 1 is 1.03 bits per heavy atom. The second-order valence-electron chi connectivity index (χ2n) is 8.85. The van der Waals surface area contributed by atoms with Crippen LogP contribution in [0.25, 0.3) is 0 Å². The molecule has 1 saturated carbocycles. The first-order valence-electron chi connectivity index (χ1n) is 11.2. The highest BCUT2D eigenvalue weighted by Crippen LogP contribution is 2.30. The molecule has 3 aliphatic rings. The van der Waals surface area contributed by atoms with Gasteiger partial charge >= 0.3 is 12.0 Å². The van der Waals surface area contributed by atoms with Crippen LogP contribution in [0.4, 0.5) is 10.5 Å². The number of benzene rings is 1. The summed E-state index contributed by atoms with van der Waals surface area (Å²) in [6.45, 7) is 3.99. The molecule has 1 aromatic rings. The summed E-state index contributed by atoms with van der Waals surface area (Å²) >= 11 is 0. The van der Waals surface area contributed by atoms with Gasteiger partial charge < -0.3 is 19.9 Å². The van der Waals surface area contributed by atoms with Crippen molar-refractivity contribution in [3.8, 4) is 0 Å². The molecule has 1 N–H and O–H groups in total. The first-order valence-corrected chi connectivity index (χ1v) is 11.2. The first kappa shape index (κ1) is 26.7. The number of rotatable bonds is 5. The Hall–Kier alpha value is -1.54. The summed E-state index contributed by atoms with van der Waals surface area (Å²) < 4.78 is 4.70. The van der Waals surface area contributed by atoms with E-state index in [1.165, 1.54) is 18.2 Å². The molecule has 32 heavy (non-hydrogen) atoms. The molecule has 1 aromatic carbocycles. The van der Waals surface area contributed by atoms with Crippen molar-refractivity contribution in [2.24, 2.45) is 0 Å². The summed E-state index contributed by atoms with van der Waals surface area (Å²) in [6.07, 6.45) is 6.06. The lowest BCUT2D eigenvalue weighted by molar-refractivity contribution is -0.139. The van der Waals surface area contributed by atoms with Crippen molar-refractivity contribution in [3.05, 3.63) is 29.3 Å². The molecule has 2 aliphatic heterocycles. The van der Waals surface area contributed by atoms with Gasteiger partial charge in [-0.25, -0.2) is 4.79 Å². The van der Waals surface area contributed by atoms with Crippen LogP contribution in [-0.4, -0.2) is 80.8 Å². The molecule has 0 spiro atoms. The molecule has 9 heteroatoms. The van der Waals surface area contributed by atoms with E-state index in [1.807, 2.05) is 4.90 Å². The van der Waals surface area contributed by atoms with Gasteiger partial charge in [-0.1, -0.05) is 6.07 Å². The second-order valence-corrected chi connectivity index (χ2v) is 8.85. The van der Waals surface area contributed by atoms with E-state index in [4.69, 9.17) is 4.74 Å². The van der Waals surface area contributed by atoms with E-state index in [2.05, 4.69) is 40.4 Å². The van der Waals surface area contributed by atoms with Crippen molar-refractivity contribution in [3.63, 3.8) is 0 Å². The van der Waals surface area contributed by atoms with Crippen molar-refractivity contribution in [2.45, 2.75) is 50.6 Å². The third-order valence-electron chi connectivity index (χ3n) is 6.97. The molecule has 1 aliphatic carbocycles. The number of urea groups is 1. The van der Waals surface area contributed by atoms with Crippen LogP contribution < -0.4 is 10.2 Å². The van der Waals surface area contributed by atoms with Crippen LogP contribution in [0.1, 0.15) is 36.8 Å². The smallest absolute Gasteiger partial charge is 0.324 e. The fraction of sp³-hybridized carbons (Fsp3) is 0.652. The lowest BCUT2D eigenvalue weighted by Gasteiger charge is -2.34. The molecule has 0 unspecified atom stereocenters. The summed E-state index contributed by atoms with van der Waals surface area (Å²) in [5, 5.41) is 3.27. The monoisotopic (exact) mass is 486 g/mol.